The molecule has 0 fully saturated rings. The topological polar surface area (TPSA) is 38.3 Å². The molecule has 0 unspecified atom stereocenters. The van der Waals surface area contributed by atoms with Gasteiger partial charge in [0.05, 0.1) is 6.04 Å². The van der Waals surface area contributed by atoms with E-state index in [2.05, 4.69) is 5.32 Å². The van der Waals surface area contributed by atoms with Gasteiger partial charge in [0.25, 0.3) is 5.91 Å². The molecule has 0 aromatic heterocycles. The Bertz CT molecular complexity index is 657. The van der Waals surface area contributed by atoms with Gasteiger partial charge in [-0.05, 0) is 36.2 Å². The SMILES string of the molecule is C[C@H](NC(=O)[C@H]1Cc2cc(Cl)ccc2O1)c1ccccc1. The molecule has 1 amide bonds. The Kier molecular flexibility index (Phi) is 3.84. The quantitative estimate of drug-likeness (QED) is 0.942. The maximum absolute atomic E-state index is 12.3. The van der Waals surface area contributed by atoms with Crippen molar-refractivity contribution in [3.05, 3.63) is 64.7 Å². The number of hydrogen-bond donors (Lipinski definition) is 1. The van der Waals surface area contributed by atoms with Crippen LogP contribution in [0.15, 0.2) is 48.5 Å². The van der Waals surface area contributed by atoms with E-state index in [1.54, 1.807) is 6.07 Å². The fraction of sp³-hybridized carbons (Fsp3) is 0.235. The van der Waals surface area contributed by atoms with E-state index in [0.717, 1.165) is 16.9 Å². The number of benzene rings is 2. The van der Waals surface area contributed by atoms with Crippen molar-refractivity contribution in [2.75, 3.05) is 0 Å². The number of nitrogens with one attached hydrogen (secondary N) is 1. The number of amides is 1. The molecule has 2 atom stereocenters. The van der Waals surface area contributed by atoms with Crippen molar-refractivity contribution in [2.45, 2.75) is 25.5 Å². The van der Waals surface area contributed by atoms with Crippen LogP contribution in [0.5, 0.6) is 5.75 Å². The summed E-state index contributed by atoms with van der Waals surface area (Å²) in [6, 6.07) is 15.3. The lowest BCUT2D eigenvalue weighted by molar-refractivity contribution is -0.127. The van der Waals surface area contributed by atoms with Gasteiger partial charge in [0, 0.05) is 11.4 Å². The molecule has 108 valence electrons. The van der Waals surface area contributed by atoms with Crippen molar-refractivity contribution in [1.29, 1.82) is 0 Å². The molecule has 2 aromatic rings. The van der Waals surface area contributed by atoms with Crippen molar-refractivity contribution >= 4 is 17.5 Å². The summed E-state index contributed by atoms with van der Waals surface area (Å²) in [5.74, 6) is 0.644. The molecule has 0 saturated heterocycles. The number of halogens is 1. The van der Waals surface area contributed by atoms with Crippen molar-refractivity contribution in [3.8, 4) is 5.75 Å². The summed E-state index contributed by atoms with van der Waals surface area (Å²) in [7, 11) is 0. The van der Waals surface area contributed by atoms with E-state index in [1.165, 1.54) is 0 Å². The van der Waals surface area contributed by atoms with Crippen molar-refractivity contribution in [1.82, 2.24) is 5.32 Å². The van der Waals surface area contributed by atoms with E-state index in [4.69, 9.17) is 16.3 Å². The maximum atomic E-state index is 12.3. The van der Waals surface area contributed by atoms with Crippen LogP contribution < -0.4 is 10.1 Å². The molecule has 0 saturated carbocycles. The first kappa shape index (κ1) is 14.0. The zero-order valence-electron chi connectivity index (χ0n) is 11.7. The predicted octanol–water partition coefficient (Wildman–Crippen LogP) is 3.52. The van der Waals surface area contributed by atoms with Gasteiger partial charge in [-0.15, -0.1) is 0 Å². The summed E-state index contributed by atoms with van der Waals surface area (Å²) in [5, 5.41) is 3.65. The number of rotatable bonds is 3. The molecule has 4 heteroatoms. The monoisotopic (exact) mass is 301 g/mol. The van der Waals surface area contributed by atoms with E-state index in [1.807, 2.05) is 49.4 Å². The summed E-state index contributed by atoms with van der Waals surface area (Å²) < 4.78 is 5.69. The highest BCUT2D eigenvalue weighted by molar-refractivity contribution is 6.30. The molecule has 1 aliphatic heterocycles. The average molecular weight is 302 g/mol. The molecule has 0 spiro atoms. The molecular weight excluding hydrogens is 286 g/mol. The average Bonchev–Trinajstić information content (AvgIpc) is 2.91. The summed E-state index contributed by atoms with van der Waals surface area (Å²) in [6.07, 6.45) is 0.0769. The molecule has 0 radical (unpaired) electrons. The van der Waals surface area contributed by atoms with Gasteiger partial charge >= 0.3 is 0 Å². The Morgan fingerprint density at radius 3 is 2.81 bits per heavy atom. The van der Waals surface area contributed by atoms with Gasteiger partial charge in [0.2, 0.25) is 0 Å². The second-order valence-electron chi connectivity index (χ2n) is 5.20. The third-order valence-corrected chi connectivity index (χ3v) is 3.88. The first-order chi connectivity index (χ1) is 10.1. The minimum Gasteiger partial charge on any atom is -0.480 e. The number of ether oxygens (including phenoxy) is 1. The molecule has 1 heterocycles. The van der Waals surface area contributed by atoms with Gasteiger partial charge in [0.15, 0.2) is 6.10 Å². The standard InChI is InChI=1S/C17H16ClNO2/c1-11(12-5-3-2-4-6-12)19-17(20)16-10-13-9-14(18)7-8-15(13)21-16/h2-9,11,16H,10H2,1H3,(H,19,20)/t11-,16+/m0/s1. The van der Waals surface area contributed by atoms with Crippen LogP contribution in [0.4, 0.5) is 0 Å². The minimum absolute atomic E-state index is 0.0467. The highest BCUT2D eigenvalue weighted by Crippen LogP contribution is 2.31. The Morgan fingerprint density at radius 1 is 1.29 bits per heavy atom. The molecule has 21 heavy (non-hydrogen) atoms. The first-order valence-electron chi connectivity index (χ1n) is 6.94. The van der Waals surface area contributed by atoms with Gasteiger partial charge < -0.3 is 10.1 Å². The van der Waals surface area contributed by atoms with E-state index >= 15 is 0 Å². The molecule has 3 rings (SSSR count). The zero-order valence-corrected chi connectivity index (χ0v) is 12.4. The summed E-state index contributed by atoms with van der Waals surface area (Å²) >= 11 is 5.96. The van der Waals surface area contributed by atoms with Gasteiger partial charge in [-0.2, -0.15) is 0 Å². The molecule has 1 aliphatic rings. The fourth-order valence-electron chi connectivity index (χ4n) is 2.49. The highest BCUT2D eigenvalue weighted by atomic mass is 35.5. The van der Waals surface area contributed by atoms with Crippen molar-refractivity contribution < 1.29 is 9.53 Å². The molecular formula is C17H16ClNO2. The van der Waals surface area contributed by atoms with Crippen LogP contribution in [-0.2, 0) is 11.2 Å². The number of fused-ring (bicyclic) bond motifs is 1. The number of hydrogen-bond acceptors (Lipinski definition) is 2. The lowest BCUT2D eigenvalue weighted by Crippen LogP contribution is -2.38. The van der Waals surface area contributed by atoms with Gasteiger partial charge in [-0.25, -0.2) is 0 Å². The smallest absolute Gasteiger partial charge is 0.261 e. The molecule has 0 aliphatic carbocycles. The van der Waals surface area contributed by atoms with Crippen LogP contribution in [-0.4, -0.2) is 12.0 Å². The maximum Gasteiger partial charge on any atom is 0.261 e. The third kappa shape index (κ3) is 3.03. The lowest BCUT2D eigenvalue weighted by Gasteiger charge is -2.17. The molecule has 3 nitrogen and oxygen atoms in total. The normalized spacial score (nSPS) is 17.7. The van der Waals surface area contributed by atoms with Crippen LogP contribution in [0.1, 0.15) is 24.1 Å². The van der Waals surface area contributed by atoms with Gasteiger partial charge in [-0.1, -0.05) is 41.9 Å². The van der Waals surface area contributed by atoms with Crippen LogP contribution in [0.25, 0.3) is 0 Å². The van der Waals surface area contributed by atoms with Crippen molar-refractivity contribution in [3.63, 3.8) is 0 Å². The lowest BCUT2D eigenvalue weighted by atomic mass is 10.1. The first-order valence-corrected chi connectivity index (χ1v) is 7.31. The number of carbonyl (C=O) groups excluding carboxylic acids is 1. The van der Waals surface area contributed by atoms with Crippen LogP contribution in [0.2, 0.25) is 5.02 Å². The molecule has 0 bridgehead atoms. The Balaban J connectivity index is 1.65. The van der Waals surface area contributed by atoms with E-state index in [9.17, 15) is 4.79 Å². The summed E-state index contributed by atoms with van der Waals surface area (Å²) in [4.78, 5) is 12.3. The zero-order chi connectivity index (χ0) is 14.8. The van der Waals surface area contributed by atoms with E-state index < -0.39 is 6.10 Å². The minimum atomic E-state index is -0.482. The second-order valence-corrected chi connectivity index (χ2v) is 5.64. The largest absolute Gasteiger partial charge is 0.480 e. The summed E-state index contributed by atoms with van der Waals surface area (Å²) in [5.41, 5.74) is 2.06. The second kappa shape index (κ2) is 5.78. The van der Waals surface area contributed by atoms with Crippen LogP contribution in [0.3, 0.4) is 0 Å². The van der Waals surface area contributed by atoms with Gasteiger partial charge in [0.1, 0.15) is 5.75 Å². The Hall–Kier alpha value is -2.00. The molecule has 1 N–H and O–H groups in total. The Morgan fingerprint density at radius 2 is 2.05 bits per heavy atom. The summed E-state index contributed by atoms with van der Waals surface area (Å²) in [6.45, 7) is 1.96. The third-order valence-electron chi connectivity index (χ3n) is 3.65. The number of carbonyl (C=O) groups is 1. The van der Waals surface area contributed by atoms with Gasteiger partial charge in [-0.3, -0.25) is 4.79 Å². The Labute approximate surface area is 128 Å². The van der Waals surface area contributed by atoms with E-state index in [0.29, 0.717) is 11.4 Å². The van der Waals surface area contributed by atoms with E-state index in [-0.39, 0.29) is 11.9 Å². The fourth-order valence-corrected chi connectivity index (χ4v) is 2.69. The predicted molar refractivity (Wildman–Crippen MR) is 82.6 cm³/mol. The molecule has 2 aromatic carbocycles. The van der Waals surface area contributed by atoms with Crippen LogP contribution >= 0.6 is 11.6 Å². The van der Waals surface area contributed by atoms with Crippen LogP contribution in [0, 0.1) is 0 Å². The highest BCUT2D eigenvalue weighted by Gasteiger charge is 2.29. The van der Waals surface area contributed by atoms with Crippen molar-refractivity contribution in [2.24, 2.45) is 0 Å².